The number of esters is 1. The molecule has 0 radical (unpaired) electrons. The van der Waals surface area contributed by atoms with Gasteiger partial charge in [0.2, 0.25) is 0 Å². The van der Waals surface area contributed by atoms with Crippen molar-refractivity contribution in [3.8, 4) is 0 Å². The molecule has 1 aromatic heterocycles. The molecule has 116 valence electrons. The summed E-state index contributed by atoms with van der Waals surface area (Å²) in [7, 11) is 0. The Morgan fingerprint density at radius 3 is 2.52 bits per heavy atom. The largest absolute Gasteiger partial charge is 0.451 e. The van der Waals surface area contributed by atoms with Crippen LogP contribution in [0.15, 0.2) is 23.1 Å². The van der Waals surface area contributed by atoms with Crippen LogP contribution in [0.3, 0.4) is 0 Å². The van der Waals surface area contributed by atoms with Crippen LogP contribution in [0, 0.1) is 0 Å². The van der Waals surface area contributed by atoms with E-state index in [1.807, 2.05) is 13.8 Å². The molecule has 1 aromatic rings. The van der Waals surface area contributed by atoms with Crippen molar-refractivity contribution in [2.75, 3.05) is 18.8 Å². The fourth-order valence-corrected chi connectivity index (χ4v) is 1.89. The Labute approximate surface area is 123 Å². The van der Waals surface area contributed by atoms with Gasteiger partial charge in [0.05, 0.1) is 0 Å². The summed E-state index contributed by atoms with van der Waals surface area (Å²) in [5.41, 5.74) is 5.57. The van der Waals surface area contributed by atoms with Crippen LogP contribution >= 0.6 is 0 Å². The Morgan fingerprint density at radius 2 is 1.95 bits per heavy atom. The molecule has 0 aliphatic carbocycles. The predicted octanol–water partition coefficient (Wildman–Crippen LogP) is 0.231. The Balaban J connectivity index is 2.67. The van der Waals surface area contributed by atoms with Crippen molar-refractivity contribution in [3.63, 3.8) is 0 Å². The summed E-state index contributed by atoms with van der Waals surface area (Å²) in [6, 6.07) is 2.73. The molecule has 0 saturated carbocycles. The van der Waals surface area contributed by atoms with E-state index in [9.17, 15) is 14.4 Å². The number of rotatable bonds is 6. The van der Waals surface area contributed by atoms with Crippen molar-refractivity contribution in [2.45, 2.75) is 33.4 Å². The van der Waals surface area contributed by atoms with Gasteiger partial charge in [-0.15, -0.1) is 0 Å². The number of carbonyl (C=O) groups is 2. The number of amides is 1. The molecule has 0 aliphatic rings. The SMILES string of the molecule is CCN(CC)C(=O)C(C)OC(=O)Cn1cc(N)ccc1=O. The molecule has 1 rings (SSSR count). The highest BCUT2D eigenvalue weighted by Gasteiger charge is 2.22. The number of pyridine rings is 1. The Hall–Kier alpha value is -2.31. The first kappa shape index (κ1) is 16.7. The van der Waals surface area contributed by atoms with Crippen LogP contribution in [0.5, 0.6) is 0 Å². The summed E-state index contributed by atoms with van der Waals surface area (Å²) < 4.78 is 6.21. The van der Waals surface area contributed by atoms with E-state index in [0.29, 0.717) is 18.8 Å². The first-order valence-corrected chi connectivity index (χ1v) is 6.83. The number of hydrogen-bond donors (Lipinski definition) is 1. The van der Waals surface area contributed by atoms with E-state index < -0.39 is 12.1 Å². The lowest BCUT2D eigenvalue weighted by molar-refractivity contribution is -0.159. The third-order valence-corrected chi connectivity index (χ3v) is 3.04. The molecular formula is C14H21N3O4. The number of anilines is 1. The van der Waals surface area contributed by atoms with E-state index in [4.69, 9.17) is 10.5 Å². The second-order valence-corrected chi connectivity index (χ2v) is 4.57. The highest BCUT2D eigenvalue weighted by molar-refractivity contribution is 5.83. The van der Waals surface area contributed by atoms with Gasteiger partial charge >= 0.3 is 5.97 Å². The molecule has 2 N–H and O–H groups in total. The fraction of sp³-hybridized carbons (Fsp3) is 0.500. The van der Waals surface area contributed by atoms with Gasteiger partial charge in [0.25, 0.3) is 11.5 Å². The Morgan fingerprint density at radius 1 is 1.33 bits per heavy atom. The second kappa shape index (κ2) is 7.47. The van der Waals surface area contributed by atoms with Crippen molar-refractivity contribution >= 4 is 17.6 Å². The lowest BCUT2D eigenvalue weighted by Gasteiger charge is -2.22. The minimum Gasteiger partial charge on any atom is -0.451 e. The monoisotopic (exact) mass is 295 g/mol. The molecule has 21 heavy (non-hydrogen) atoms. The van der Waals surface area contributed by atoms with Crippen LogP contribution in [0.1, 0.15) is 20.8 Å². The lowest BCUT2D eigenvalue weighted by atomic mass is 10.3. The average molecular weight is 295 g/mol. The molecular weight excluding hydrogens is 274 g/mol. The second-order valence-electron chi connectivity index (χ2n) is 4.57. The molecule has 7 heteroatoms. The highest BCUT2D eigenvalue weighted by atomic mass is 16.5. The van der Waals surface area contributed by atoms with Gasteiger partial charge in [-0.2, -0.15) is 0 Å². The number of carbonyl (C=O) groups excluding carboxylic acids is 2. The van der Waals surface area contributed by atoms with Gasteiger partial charge in [-0.25, -0.2) is 0 Å². The van der Waals surface area contributed by atoms with Gasteiger partial charge in [-0.1, -0.05) is 0 Å². The van der Waals surface area contributed by atoms with E-state index in [-0.39, 0.29) is 18.0 Å². The van der Waals surface area contributed by atoms with Crippen molar-refractivity contribution in [3.05, 3.63) is 28.7 Å². The van der Waals surface area contributed by atoms with E-state index in [1.54, 1.807) is 4.90 Å². The minimum absolute atomic E-state index is 0.256. The zero-order chi connectivity index (χ0) is 16.0. The summed E-state index contributed by atoms with van der Waals surface area (Å²) in [6.07, 6.45) is 0.481. The average Bonchev–Trinajstić information content (AvgIpc) is 2.43. The predicted molar refractivity (Wildman–Crippen MR) is 78.6 cm³/mol. The quantitative estimate of drug-likeness (QED) is 0.758. The number of aromatic nitrogens is 1. The fourth-order valence-electron chi connectivity index (χ4n) is 1.89. The summed E-state index contributed by atoms with van der Waals surface area (Å²) in [5, 5.41) is 0. The van der Waals surface area contributed by atoms with Crippen LogP contribution in [0.2, 0.25) is 0 Å². The molecule has 1 atom stereocenters. The third kappa shape index (κ3) is 4.62. The molecule has 0 bridgehead atoms. The van der Waals surface area contributed by atoms with Gasteiger partial charge in [-0.05, 0) is 26.8 Å². The van der Waals surface area contributed by atoms with Gasteiger partial charge < -0.3 is 19.9 Å². The number of likely N-dealkylation sites (N-methyl/N-ethyl adjacent to an activating group) is 1. The molecule has 1 heterocycles. The molecule has 0 aromatic carbocycles. The Bertz CT molecular complexity index is 564. The number of hydrogen-bond acceptors (Lipinski definition) is 5. The molecule has 1 unspecified atom stereocenters. The van der Waals surface area contributed by atoms with Crippen LogP contribution in [-0.2, 0) is 20.9 Å². The first-order chi connectivity index (χ1) is 9.88. The van der Waals surface area contributed by atoms with Crippen LogP contribution in [-0.4, -0.2) is 40.5 Å². The van der Waals surface area contributed by atoms with Crippen molar-refractivity contribution < 1.29 is 14.3 Å². The Kier molecular flexibility index (Phi) is 5.95. The molecule has 0 fully saturated rings. The number of ether oxygens (including phenoxy) is 1. The summed E-state index contributed by atoms with van der Waals surface area (Å²) in [6.45, 7) is 6.03. The van der Waals surface area contributed by atoms with E-state index >= 15 is 0 Å². The van der Waals surface area contributed by atoms with Crippen molar-refractivity contribution in [1.82, 2.24) is 9.47 Å². The molecule has 0 aliphatic heterocycles. The minimum atomic E-state index is -0.880. The topological polar surface area (TPSA) is 94.6 Å². The van der Waals surface area contributed by atoms with Crippen molar-refractivity contribution in [2.24, 2.45) is 0 Å². The first-order valence-electron chi connectivity index (χ1n) is 6.83. The summed E-state index contributed by atoms with van der Waals surface area (Å²) in [5.74, 6) is -0.913. The number of nitrogen functional groups attached to an aromatic ring is 1. The number of nitrogens with zero attached hydrogens (tertiary/aromatic N) is 2. The smallest absolute Gasteiger partial charge is 0.326 e. The standard InChI is InChI=1S/C14H21N3O4/c1-4-16(5-2)14(20)10(3)21-13(19)9-17-8-11(15)6-7-12(17)18/h6-8,10H,4-5,9,15H2,1-3H3. The molecule has 0 spiro atoms. The summed E-state index contributed by atoms with van der Waals surface area (Å²) >= 11 is 0. The third-order valence-electron chi connectivity index (χ3n) is 3.04. The van der Waals surface area contributed by atoms with E-state index in [0.717, 1.165) is 4.57 Å². The van der Waals surface area contributed by atoms with Crippen LogP contribution in [0.25, 0.3) is 0 Å². The maximum Gasteiger partial charge on any atom is 0.326 e. The van der Waals surface area contributed by atoms with Gasteiger partial charge in [-0.3, -0.25) is 14.4 Å². The van der Waals surface area contributed by atoms with Crippen LogP contribution in [0.4, 0.5) is 5.69 Å². The van der Waals surface area contributed by atoms with Crippen molar-refractivity contribution in [1.29, 1.82) is 0 Å². The summed E-state index contributed by atoms with van der Waals surface area (Å²) in [4.78, 5) is 36.9. The highest BCUT2D eigenvalue weighted by Crippen LogP contribution is 2.02. The normalized spacial score (nSPS) is 11.8. The number of nitrogens with two attached hydrogens (primary N) is 1. The molecule has 0 saturated heterocycles. The maximum absolute atomic E-state index is 12.0. The van der Waals surface area contributed by atoms with Crippen LogP contribution < -0.4 is 11.3 Å². The molecule has 1 amide bonds. The maximum atomic E-state index is 12.0. The zero-order valence-electron chi connectivity index (χ0n) is 12.5. The van der Waals surface area contributed by atoms with E-state index in [1.165, 1.54) is 25.3 Å². The van der Waals surface area contributed by atoms with Gasteiger partial charge in [0, 0.05) is 31.0 Å². The lowest BCUT2D eigenvalue weighted by Crippen LogP contribution is -2.40. The van der Waals surface area contributed by atoms with Gasteiger partial charge in [0.15, 0.2) is 6.10 Å². The van der Waals surface area contributed by atoms with E-state index in [2.05, 4.69) is 0 Å². The van der Waals surface area contributed by atoms with Gasteiger partial charge in [0.1, 0.15) is 6.54 Å². The molecule has 7 nitrogen and oxygen atoms in total. The zero-order valence-corrected chi connectivity index (χ0v) is 12.5.